The molecule has 0 spiro atoms. The molecular formula is C14H20N2O3S. The van der Waals surface area contributed by atoms with E-state index in [2.05, 4.69) is 12.2 Å². The summed E-state index contributed by atoms with van der Waals surface area (Å²) >= 11 is 2.00. The first-order valence-corrected chi connectivity index (χ1v) is 7.69. The van der Waals surface area contributed by atoms with Gasteiger partial charge in [-0.3, -0.25) is 10.1 Å². The van der Waals surface area contributed by atoms with Gasteiger partial charge in [-0.1, -0.05) is 6.07 Å². The van der Waals surface area contributed by atoms with Crippen LogP contribution in [0.4, 0.5) is 5.69 Å². The molecule has 1 atom stereocenters. The summed E-state index contributed by atoms with van der Waals surface area (Å²) in [7, 11) is 1.44. The van der Waals surface area contributed by atoms with E-state index >= 15 is 0 Å². The van der Waals surface area contributed by atoms with Crippen molar-refractivity contribution in [1.82, 2.24) is 5.32 Å². The molecule has 0 amide bonds. The number of ether oxygens (including phenoxy) is 1. The summed E-state index contributed by atoms with van der Waals surface area (Å²) in [4.78, 5) is 10.6. The third kappa shape index (κ3) is 3.64. The molecule has 1 N–H and O–H groups in total. The predicted octanol–water partition coefficient (Wildman–Crippen LogP) is 2.98. The number of nitro groups is 1. The van der Waals surface area contributed by atoms with Gasteiger partial charge in [-0.15, -0.1) is 0 Å². The van der Waals surface area contributed by atoms with Crippen molar-refractivity contribution in [3.8, 4) is 5.75 Å². The molecule has 1 fully saturated rings. The summed E-state index contributed by atoms with van der Waals surface area (Å²) in [6.07, 6.45) is 2.50. The molecule has 1 aliphatic heterocycles. The van der Waals surface area contributed by atoms with Crippen molar-refractivity contribution in [2.24, 2.45) is 0 Å². The molecule has 0 saturated carbocycles. The second-order valence-corrected chi connectivity index (χ2v) is 6.95. The highest BCUT2D eigenvalue weighted by Gasteiger charge is 2.28. The summed E-state index contributed by atoms with van der Waals surface area (Å²) in [5.41, 5.74) is 0.928. The van der Waals surface area contributed by atoms with E-state index < -0.39 is 4.92 Å². The minimum Gasteiger partial charge on any atom is -0.490 e. The Hall–Kier alpha value is -1.27. The van der Waals surface area contributed by atoms with Gasteiger partial charge in [-0.25, -0.2) is 0 Å². The van der Waals surface area contributed by atoms with Gasteiger partial charge in [0, 0.05) is 23.9 Å². The Labute approximate surface area is 123 Å². The number of methoxy groups -OCH3 is 1. The molecule has 1 aliphatic rings. The van der Waals surface area contributed by atoms with Crippen LogP contribution in [0.5, 0.6) is 5.75 Å². The summed E-state index contributed by atoms with van der Waals surface area (Å²) < 4.78 is 5.30. The van der Waals surface area contributed by atoms with E-state index in [9.17, 15) is 10.1 Å². The lowest BCUT2D eigenvalue weighted by Crippen LogP contribution is -2.32. The van der Waals surface area contributed by atoms with Crippen molar-refractivity contribution < 1.29 is 9.66 Å². The molecule has 1 heterocycles. The van der Waals surface area contributed by atoms with Crippen LogP contribution in [-0.2, 0) is 6.54 Å². The molecule has 5 nitrogen and oxygen atoms in total. The molecule has 2 rings (SSSR count). The summed E-state index contributed by atoms with van der Waals surface area (Å²) in [6.45, 7) is 3.84. The van der Waals surface area contributed by atoms with Gasteiger partial charge in [0.1, 0.15) is 0 Å². The van der Waals surface area contributed by atoms with Crippen molar-refractivity contribution >= 4 is 17.4 Å². The van der Waals surface area contributed by atoms with Crippen molar-refractivity contribution in [1.29, 1.82) is 0 Å². The Bertz CT molecular complexity index is 487. The van der Waals surface area contributed by atoms with Gasteiger partial charge in [-0.05, 0) is 37.1 Å². The zero-order chi connectivity index (χ0) is 14.6. The van der Waals surface area contributed by atoms with Crippen molar-refractivity contribution in [3.63, 3.8) is 0 Å². The molecule has 0 aromatic heterocycles. The van der Waals surface area contributed by atoms with E-state index in [0.29, 0.717) is 17.0 Å². The fourth-order valence-electron chi connectivity index (χ4n) is 2.44. The highest BCUT2D eigenvalue weighted by atomic mass is 32.2. The molecule has 110 valence electrons. The maximum Gasteiger partial charge on any atom is 0.311 e. The summed E-state index contributed by atoms with van der Waals surface area (Å²) in [5.74, 6) is 1.53. The van der Waals surface area contributed by atoms with Gasteiger partial charge >= 0.3 is 5.69 Å². The normalized spacial score (nSPS) is 21.9. The SMILES string of the molecule is COc1ccc(CNCC2(C)CCCS2)cc1[N+](=O)[O-]. The lowest BCUT2D eigenvalue weighted by atomic mass is 10.1. The quantitative estimate of drug-likeness (QED) is 0.646. The summed E-state index contributed by atoms with van der Waals surface area (Å²) in [6, 6.07) is 5.10. The average Bonchev–Trinajstić information content (AvgIpc) is 2.85. The van der Waals surface area contributed by atoms with Crippen LogP contribution in [0.3, 0.4) is 0 Å². The van der Waals surface area contributed by atoms with Crippen LogP contribution in [0.1, 0.15) is 25.3 Å². The van der Waals surface area contributed by atoms with Crippen molar-refractivity contribution in [3.05, 3.63) is 33.9 Å². The van der Waals surface area contributed by atoms with E-state index in [1.165, 1.54) is 25.7 Å². The molecule has 1 unspecified atom stereocenters. The predicted molar refractivity (Wildman–Crippen MR) is 81.5 cm³/mol. The van der Waals surface area contributed by atoms with Crippen LogP contribution >= 0.6 is 11.8 Å². The fraction of sp³-hybridized carbons (Fsp3) is 0.571. The Morgan fingerprint density at radius 1 is 1.55 bits per heavy atom. The second-order valence-electron chi connectivity index (χ2n) is 5.27. The molecule has 1 saturated heterocycles. The third-order valence-electron chi connectivity index (χ3n) is 3.57. The van der Waals surface area contributed by atoms with Crippen LogP contribution in [0, 0.1) is 10.1 Å². The van der Waals surface area contributed by atoms with Crippen LogP contribution in [-0.4, -0.2) is 29.1 Å². The number of hydrogen-bond acceptors (Lipinski definition) is 5. The fourth-order valence-corrected chi connectivity index (χ4v) is 3.71. The zero-order valence-electron chi connectivity index (χ0n) is 11.8. The average molecular weight is 296 g/mol. The first kappa shape index (κ1) is 15.1. The van der Waals surface area contributed by atoms with Crippen molar-refractivity contribution in [2.45, 2.75) is 31.1 Å². The number of nitro benzene ring substituents is 1. The zero-order valence-corrected chi connectivity index (χ0v) is 12.7. The first-order chi connectivity index (χ1) is 9.54. The second kappa shape index (κ2) is 6.45. The minimum atomic E-state index is -0.406. The lowest BCUT2D eigenvalue weighted by Gasteiger charge is -2.23. The number of benzene rings is 1. The van der Waals surface area contributed by atoms with E-state index in [4.69, 9.17) is 4.74 Å². The number of thioether (sulfide) groups is 1. The Kier molecular flexibility index (Phi) is 4.88. The van der Waals surface area contributed by atoms with Crippen LogP contribution < -0.4 is 10.1 Å². The minimum absolute atomic E-state index is 0.0215. The van der Waals surface area contributed by atoms with Crippen LogP contribution in [0.2, 0.25) is 0 Å². The van der Waals surface area contributed by atoms with Crippen molar-refractivity contribution in [2.75, 3.05) is 19.4 Å². The number of nitrogens with zero attached hydrogens (tertiary/aromatic N) is 1. The number of nitrogens with one attached hydrogen (secondary N) is 1. The van der Waals surface area contributed by atoms with Gasteiger partial charge in [-0.2, -0.15) is 11.8 Å². The van der Waals surface area contributed by atoms with Gasteiger partial charge in [0.15, 0.2) is 5.75 Å². The maximum atomic E-state index is 11.0. The van der Waals surface area contributed by atoms with E-state index in [-0.39, 0.29) is 5.69 Å². The summed E-state index contributed by atoms with van der Waals surface area (Å²) in [5, 5.41) is 14.4. The van der Waals surface area contributed by atoms with E-state index in [1.807, 2.05) is 17.8 Å². The largest absolute Gasteiger partial charge is 0.490 e. The van der Waals surface area contributed by atoms with Crippen LogP contribution in [0.15, 0.2) is 18.2 Å². The third-order valence-corrected chi connectivity index (χ3v) is 5.11. The Morgan fingerprint density at radius 3 is 2.95 bits per heavy atom. The topological polar surface area (TPSA) is 64.4 Å². The molecule has 0 bridgehead atoms. The van der Waals surface area contributed by atoms with Gasteiger partial charge in [0.05, 0.1) is 12.0 Å². The highest BCUT2D eigenvalue weighted by Crippen LogP contribution is 2.37. The first-order valence-electron chi connectivity index (χ1n) is 6.70. The highest BCUT2D eigenvalue weighted by molar-refractivity contribution is 8.00. The molecule has 6 heteroatoms. The van der Waals surface area contributed by atoms with Gasteiger partial charge in [0.25, 0.3) is 0 Å². The number of hydrogen-bond donors (Lipinski definition) is 1. The van der Waals surface area contributed by atoms with E-state index in [1.54, 1.807) is 12.1 Å². The Balaban J connectivity index is 1.96. The maximum absolute atomic E-state index is 11.0. The van der Waals surface area contributed by atoms with Gasteiger partial charge in [0.2, 0.25) is 0 Å². The molecular weight excluding hydrogens is 276 g/mol. The lowest BCUT2D eigenvalue weighted by molar-refractivity contribution is -0.385. The van der Waals surface area contributed by atoms with E-state index in [0.717, 1.165) is 12.1 Å². The molecule has 1 aromatic rings. The number of rotatable bonds is 6. The molecule has 0 aliphatic carbocycles. The van der Waals surface area contributed by atoms with Gasteiger partial charge < -0.3 is 10.1 Å². The monoisotopic (exact) mass is 296 g/mol. The smallest absolute Gasteiger partial charge is 0.311 e. The Morgan fingerprint density at radius 2 is 2.35 bits per heavy atom. The standard InChI is InChI=1S/C14H20N2O3S/c1-14(6-3-7-20-14)10-15-9-11-4-5-13(19-2)12(8-11)16(17)18/h4-5,8,15H,3,6-7,9-10H2,1-2H3. The molecule has 1 aromatic carbocycles. The van der Waals surface area contributed by atoms with Crippen LogP contribution in [0.25, 0.3) is 0 Å². The molecule has 20 heavy (non-hydrogen) atoms. The molecule has 0 radical (unpaired) electrons.